The molecule has 3 aromatic rings. The Kier molecular flexibility index (Phi) is 3.33. The summed E-state index contributed by atoms with van der Waals surface area (Å²) in [7, 11) is 0. The second kappa shape index (κ2) is 5.38. The number of carbonyl (C=O) groups excluding carboxylic acids is 1. The van der Waals surface area contributed by atoms with E-state index >= 15 is 0 Å². The summed E-state index contributed by atoms with van der Waals surface area (Å²) < 4.78 is 0. The van der Waals surface area contributed by atoms with E-state index < -0.39 is 5.54 Å². The number of amides is 1. The van der Waals surface area contributed by atoms with E-state index in [0.717, 1.165) is 28.8 Å². The van der Waals surface area contributed by atoms with Crippen LogP contribution >= 0.6 is 11.8 Å². The SMILES string of the molecule is Cc1ccc2[nH]c(C(=O)NC3(c4nn[nH]n4)CCSC3)cc2c1. The first-order chi connectivity index (χ1) is 11.2. The van der Waals surface area contributed by atoms with Gasteiger partial charge in [-0.05, 0) is 37.3 Å². The van der Waals surface area contributed by atoms with E-state index in [1.54, 1.807) is 11.8 Å². The Bertz CT molecular complexity index is 850. The molecular formula is C15H16N6OS. The van der Waals surface area contributed by atoms with Crippen LogP contribution in [0.25, 0.3) is 10.9 Å². The molecular weight excluding hydrogens is 312 g/mol. The monoisotopic (exact) mass is 328 g/mol. The molecule has 1 amide bonds. The number of aromatic amines is 2. The number of nitrogens with zero attached hydrogens (tertiary/aromatic N) is 3. The molecule has 0 bridgehead atoms. The van der Waals surface area contributed by atoms with Gasteiger partial charge in [-0.15, -0.1) is 10.2 Å². The van der Waals surface area contributed by atoms with Gasteiger partial charge >= 0.3 is 0 Å². The lowest BCUT2D eigenvalue weighted by atomic mass is 9.98. The summed E-state index contributed by atoms with van der Waals surface area (Å²) in [5.74, 6) is 2.10. The molecule has 23 heavy (non-hydrogen) atoms. The van der Waals surface area contributed by atoms with E-state index in [1.165, 1.54) is 5.56 Å². The van der Waals surface area contributed by atoms with Crippen LogP contribution in [-0.4, -0.2) is 43.0 Å². The summed E-state index contributed by atoms with van der Waals surface area (Å²) in [5, 5.41) is 18.4. The number of hydrogen-bond donors (Lipinski definition) is 3. The fourth-order valence-corrected chi connectivity index (χ4v) is 4.25. The van der Waals surface area contributed by atoms with E-state index in [-0.39, 0.29) is 5.91 Å². The van der Waals surface area contributed by atoms with Gasteiger partial charge in [0.25, 0.3) is 5.91 Å². The molecule has 1 fully saturated rings. The first-order valence-corrected chi connectivity index (χ1v) is 8.55. The smallest absolute Gasteiger partial charge is 0.268 e. The van der Waals surface area contributed by atoms with Crippen LogP contribution in [0.5, 0.6) is 0 Å². The van der Waals surface area contributed by atoms with Gasteiger partial charge in [-0.25, -0.2) is 0 Å². The lowest BCUT2D eigenvalue weighted by molar-refractivity contribution is 0.0899. The zero-order valence-electron chi connectivity index (χ0n) is 12.6. The average molecular weight is 328 g/mol. The molecule has 3 heterocycles. The maximum atomic E-state index is 12.7. The van der Waals surface area contributed by atoms with Gasteiger partial charge in [0.2, 0.25) is 5.82 Å². The lowest BCUT2D eigenvalue weighted by Gasteiger charge is -2.25. The standard InChI is InChI=1S/C15H16N6OS/c1-9-2-3-11-10(6-9)7-12(16-11)13(22)17-15(4-5-23-8-15)14-18-20-21-19-14/h2-3,6-7,16H,4-5,8H2,1H3,(H,17,22)(H,18,19,20,21). The van der Waals surface area contributed by atoms with Crippen LogP contribution in [0.15, 0.2) is 24.3 Å². The number of fused-ring (bicyclic) bond motifs is 1. The lowest BCUT2D eigenvalue weighted by Crippen LogP contribution is -2.47. The molecule has 4 rings (SSSR count). The zero-order chi connectivity index (χ0) is 15.9. The van der Waals surface area contributed by atoms with E-state index in [0.29, 0.717) is 11.5 Å². The molecule has 0 saturated carbocycles. The van der Waals surface area contributed by atoms with Gasteiger partial charge in [0.1, 0.15) is 11.2 Å². The van der Waals surface area contributed by atoms with Crippen molar-refractivity contribution in [3.63, 3.8) is 0 Å². The Morgan fingerprint density at radius 2 is 2.30 bits per heavy atom. The Labute approximate surface area is 136 Å². The number of nitrogens with one attached hydrogen (secondary N) is 3. The number of thioether (sulfide) groups is 1. The molecule has 1 unspecified atom stereocenters. The van der Waals surface area contributed by atoms with Crippen molar-refractivity contribution in [1.29, 1.82) is 0 Å². The first-order valence-electron chi connectivity index (χ1n) is 7.40. The highest BCUT2D eigenvalue weighted by atomic mass is 32.2. The fraction of sp³-hybridized carbons (Fsp3) is 0.333. The van der Waals surface area contributed by atoms with Crippen LogP contribution in [0.3, 0.4) is 0 Å². The molecule has 2 aromatic heterocycles. The van der Waals surface area contributed by atoms with Gasteiger partial charge < -0.3 is 10.3 Å². The second-order valence-electron chi connectivity index (χ2n) is 5.85. The minimum absolute atomic E-state index is 0.147. The Balaban J connectivity index is 1.65. The summed E-state index contributed by atoms with van der Waals surface area (Å²) in [4.78, 5) is 15.9. The maximum Gasteiger partial charge on any atom is 0.268 e. The van der Waals surface area contributed by atoms with Gasteiger partial charge in [0, 0.05) is 16.7 Å². The third kappa shape index (κ3) is 2.48. The number of tetrazole rings is 1. The van der Waals surface area contributed by atoms with Crippen molar-refractivity contribution >= 4 is 28.6 Å². The predicted molar refractivity (Wildman–Crippen MR) is 88.3 cm³/mol. The number of H-pyrrole nitrogens is 2. The summed E-state index contributed by atoms with van der Waals surface area (Å²) in [6.07, 6.45) is 0.794. The third-order valence-electron chi connectivity index (χ3n) is 4.17. The van der Waals surface area contributed by atoms with Crippen molar-refractivity contribution in [3.05, 3.63) is 41.3 Å². The number of hydrogen-bond acceptors (Lipinski definition) is 5. The molecule has 1 aliphatic heterocycles. The van der Waals surface area contributed by atoms with Crippen LogP contribution in [0.1, 0.15) is 28.3 Å². The summed E-state index contributed by atoms with van der Waals surface area (Å²) in [6.45, 7) is 2.03. The Morgan fingerprint density at radius 1 is 1.39 bits per heavy atom. The minimum atomic E-state index is -0.554. The molecule has 0 aliphatic carbocycles. The quantitative estimate of drug-likeness (QED) is 0.680. The van der Waals surface area contributed by atoms with Gasteiger partial charge in [0.05, 0.1) is 0 Å². The predicted octanol–water partition coefficient (Wildman–Crippen LogP) is 1.75. The first kappa shape index (κ1) is 14.3. The maximum absolute atomic E-state index is 12.7. The molecule has 1 aromatic carbocycles. The summed E-state index contributed by atoms with van der Waals surface area (Å²) in [5.41, 5.74) is 2.11. The Hall–Kier alpha value is -2.35. The van der Waals surface area contributed by atoms with Crippen LogP contribution in [0.4, 0.5) is 0 Å². The molecule has 1 saturated heterocycles. The third-order valence-corrected chi connectivity index (χ3v) is 5.36. The molecule has 1 atom stereocenters. The van der Waals surface area contributed by atoms with E-state index in [4.69, 9.17) is 0 Å². The molecule has 7 nitrogen and oxygen atoms in total. The van der Waals surface area contributed by atoms with Gasteiger partial charge in [0.15, 0.2) is 0 Å². The van der Waals surface area contributed by atoms with Crippen LogP contribution in [-0.2, 0) is 5.54 Å². The van der Waals surface area contributed by atoms with Crippen LogP contribution < -0.4 is 5.32 Å². The number of aryl methyl sites for hydroxylation is 1. The van der Waals surface area contributed by atoms with Gasteiger partial charge in [-0.1, -0.05) is 16.8 Å². The van der Waals surface area contributed by atoms with Crippen LogP contribution in [0, 0.1) is 6.92 Å². The second-order valence-corrected chi connectivity index (χ2v) is 6.95. The highest BCUT2D eigenvalue weighted by Gasteiger charge is 2.41. The van der Waals surface area contributed by atoms with Crippen LogP contribution in [0.2, 0.25) is 0 Å². The minimum Gasteiger partial charge on any atom is -0.351 e. The van der Waals surface area contributed by atoms with Crippen molar-refractivity contribution in [2.45, 2.75) is 18.9 Å². The van der Waals surface area contributed by atoms with Crippen molar-refractivity contribution < 1.29 is 4.79 Å². The number of carbonyl (C=O) groups is 1. The van der Waals surface area contributed by atoms with E-state index in [2.05, 4.69) is 37.0 Å². The summed E-state index contributed by atoms with van der Waals surface area (Å²) in [6, 6.07) is 7.95. The van der Waals surface area contributed by atoms with Crippen molar-refractivity contribution in [3.8, 4) is 0 Å². The normalized spacial score (nSPS) is 20.9. The fourth-order valence-electron chi connectivity index (χ4n) is 2.92. The van der Waals surface area contributed by atoms with Gasteiger partial charge in [-0.2, -0.15) is 17.0 Å². The highest BCUT2D eigenvalue weighted by Crippen LogP contribution is 2.35. The molecule has 1 aliphatic rings. The molecule has 118 valence electrons. The molecule has 0 radical (unpaired) electrons. The molecule has 3 N–H and O–H groups in total. The Morgan fingerprint density at radius 3 is 3.04 bits per heavy atom. The van der Waals surface area contributed by atoms with E-state index in [1.807, 2.05) is 25.1 Å². The van der Waals surface area contributed by atoms with Crippen molar-refractivity contribution in [2.75, 3.05) is 11.5 Å². The highest BCUT2D eigenvalue weighted by molar-refractivity contribution is 7.99. The van der Waals surface area contributed by atoms with Crippen molar-refractivity contribution in [2.24, 2.45) is 0 Å². The number of benzene rings is 1. The molecule has 8 heteroatoms. The summed E-state index contributed by atoms with van der Waals surface area (Å²) >= 11 is 1.78. The number of rotatable bonds is 3. The van der Waals surface area contributed by atoms with Crippen molar-refractivity contribution in [1.82, 2.24) is 30.9 Å². The van der Waals surface area contributed by atoms with E-state index in [9.17, 15) is 4.79 Å². The topological polar surface area (TPSA) is 99.4 Å². The number of aromatic nitrogens is 5. The zero-order valence-corrected chi connectivity index (χ0v) is 13.4. The molecule has 0 spiro atoms. The largest absolute Gasteiger partial charge is 0.351 e. The average Bonchev–Trinajstić information content (AvgIpc) is 3.27. The van der Waals surface area contributed by atoms with Gasteiger partial charge in [-0.3, -0.25) is 4.79 Å².